The second kappa shape index (κ2) is 5.69. The molecule has 0 radical (unpaired) electrons. The Hall–Kier alpha value is -1.78. The summed E-state index contributed by atoms with van der Waals surface area (Å²) in [7, 11) is 0. The summed E-state index contributed by atoms with van der Waals surface area (Å²) in [4.78, 5) is 14.3. The number of hydrogen-bond acceptors (Lipinski definition) is 2. The van der Waals surface area contributed by atoms with Gasteiger partial charge in [-0.25, -0.2) is 4.39 Å². The maximum absolute atomic E-state index is 13.8. The lowest BCUT2D eigenvalue weighted by Crippen LogP contribution is -2.11. The molecule has 0 amide bonds. The smallest absolute Gasteiger partial charge is 0.203 e. The number of hydrogen-bond donors (Lipinski definition) is 0. The molecule has 116 valence electrons. The van der Waals surface area contributed by atoms with Gasteiger partial charge in [-0.1, -0.05) is 41.6 Å². The molecular formula is C18H13ClFNOS. The van der Waals surface area contributed by atoms with Gasteiger partial charge in [0.05, 0.1) is 15.4 Å². The number of aromatic nitrogens is 1. The summed E-state index contributed by atoms with van der Waals surface area (Å²) < 4.78 is 15.9. The van der Waals surface area contributed by atoms with Crippen molar-refractivity contribution in [3.63, 3.8) is 0 Å². The molecule has 2 nitrogen and oxygen atoms in total. The topological polar surface area (TPSA) is 22.0 Å². The van der Waals surface area contributed by atoms with Crippen LogP contribution >= 0.6 is 23.4 Å². The monoisotopic (exact) mass is 345 g/mol. The fourth-order valence-corrected chi connectivity index (χ4v) is 3.74. The second-order valence-corrected chi connectivity index (χ2v) is 7.18. The Morgan fingerprint density at radius 2 is 1.91 bits per heavy atom. The number of benzene rings is 2. The van der Waals surface area contributed by atoms with Gasteiger partial charge in [-0.2, -0.15) is 0 Å². The zero-order valence-electron chi connectivity index (χ0n) is 12.1. The van der Waals surface area contributed by atoms with Crippen LogP contribution in [0.25, 0.3) is 10.9 Å². The van der Waals surface area contributed by atoms with Crippen LogP contribution in [0, 0.1) is 5.82 Å². The minimum atomic E-state index is -0.555. The first-order chi connectivity index (χ1) is 11.1. The Labute approximate surface area is 141 Å². The lowest BCUT2D eigenvalue weighted by molar-refractivity contribution is 0.629. The Morgan fingerprint density at radius 3 is 2.61 bits per heavy atom. The number of nitrogens with zero attached hydrogens (tertiary/aromatic N) is 1. The third-order valence-electron chi connectivity index (χ3n) is 3.95. The zero-order valence-corrected chi connectivity index (χ0v) is 13.7. The molecule has 0 spiro atoms. The van der Waals surface area contributed by atoms with Gasteiger partial charge in [0.25, 0.3) is 0 Å². The summed E-state index contributed by atoms with van der Waals surface area (Å²) in [5.74, 6) is -0.555. The van der Waals surface area contributed by atoms with E-state index < -0.39 is 5.82 Å². The van der Waals surface area contributed by atoms with Crippen molar-refractivity contribution in [1.29, 1.82) is 0 Å². The Bertz CT molecular complexity index is 951. The van der Waals surface area contributed by atoms with Gasteiger partial charge >= 0.3 is 0 Å². The quantitative estimate of drug-likeness (QED) is 0.644. The zero-order chi connectivity index (χ0) is 16.0. The average Bonchev–Trinajstić information content (AvgIpc) is 3.38. The van der Waals surface area contributed by atoms with E-state index in [0.29, 0.717) is 21.8 Å². The highest BCUT2D eigenvalue weighted by Gasteiger charge is 2.26. The van der Waals surface area contributed by atoms with Gasteiger partial charge in [-0.05, 0) is 37.1 Å². The lowest BCUT2D eigenvalue weighted by atomic mass is 10.2. The average molecular weight is 346 g/mol. The van der Waals surface area contributed by atoms with Crippen molar-refractivity contribution in [1.82, 2.24) is 4.57 Å². The van der Waals surface area contributed by atoms with Crippen molar-refractivity contribution in [2.45, 2.75) is 28.7 Å². The van der Waals surface area contributed by atoms with E-state index in [1.54, 1.807) is 6.07 Å². The van der Waals surface area contributed by atoms with Crippen LogP contribution in [0.1, 0.15) is 18.9 Å². The van der Waals surface area contributed by atoms with Crippen molar-refractivity contribution in [2.24, 2.45) is 0 Å². The molecule has 1 saturated carbocycles. The fraction of sp³-hybridized carbons (Fsp3) is 0.167. The van der Waals surface area contributed by atoms with Crippen molar-refractivity contribution in [2.75, 3.05) is 0 Å². The molecule has 1 aliphatic carbocycles. The minimum Gasteiger partial charge on any atom is -0.343 e. The van der Waals surface area contributed by atoms with E-state index in [4.69, 9.17) is 11.6 Å². The maximum atomic E-state index is 13.8. The predicted octanol–water partition coefficient (Wildman–Crippen LogP) is 5.28. The molecule has 0 unspecified atom stereocenters. The Kier molecular flexibility index (Phi) is 3.66. The van der Waals surface area contributed by atoms with Crippen LogP contribution in [-0.4, -0.2) is 4.57 Å². The van der Waals surface area contributed by atoms with Crippen LogP contribution in [0.4, 0.5) is 4.39 Å². The van der Waals surface area contributed by atoms with Crippen molar-refractivity contribution in [3.8, 4) is 0 Å². The van der Waals surface area contributed by atoms with Gasteiger partial charge in [0.2, 0.25) is 5.43 Å². The molecule has 4 rings (SSSR count). The summed E-state index contributed by atoms with van der Waals surface area (Å²) in [6.45, 7) is 0. The predicted molar refractivity (Wildman–Crippen MR) is 92.0 cm³/mol. The number of fused-ring (bicyclic) bond motifs is 1. The molecule has 23 heavy (non-hydrogen) atoms. The third-order valence-corrected chi connectivity index (χ3v) is 5.26. The van der Waals surface area contributed by atoms with Gasteiger partial charge in [0, 0.05) is 22.5 Å². The summed E-state index contributed by atoms with van der Waals surface area (Å²) in [5.41, 5.74) is 0.558. The van der Waals surface area contributed by atoms with E-state index >= 15 is 0 Å². The molecule has 2 aromatic carbocycles. The molecule has 0 atom stereocenters. The molecule has 1 fully saturated rings. The molecule has 1 aliphatic rings. The summed E-state index contributed by atoms with van der Waals surface area (Å²) in [6.07, 6.45) is 4.03. The highest BCUT2D eigenvalue weighted by molar-refractivity contribution is 7.99. The Morgan fingerprint density at radius 1 is 1.17 bits per heavy atom. The first-order valence-corrected chi connectivity index (χ1v) is 8.60. The van der Waals surface area contributed by atoms with Crippen LogP contribution in [0.15, 0.2) is 63.2 Å². The SMILES string of the molecule is O=c1c(Sc2ccccc2)cn(C2CC2)c2cc(Cl)c(F)cc12. The van der Waals surface area contributed by atoms with Gasteiger partial charge < -0.3 is 4.57 Å². The van der Waals surface area contributed by atoms with E-state index in [-0.39, 0.29) is 10.5 Å². The molecule has 1 aromatic heterocycles. The van der Waals surface area contributed by atoms with Crippen LogP contribution < -0.4 is 5.43 Å². The van der Waals surface area contributed by atoms with Gasteiger partial charge in [0.1, 0.15) is 5.82 Å². The van der Waals surface area contributed by atoms with Gasteiger partial charge in [0.15, 0.2) is 0 Å². The summed E-state index contributed by atoms with van der Waals surface area (Å²) in [6, 6.07) is 12.9. The fourth-order valence-electron chi connectivity index (χ4n) is 2.66. The molecule has 1 heterocycles. The highest BCUT2D eigenvalue weighted by Crippen LogP contribution is 2.39. The molecule has 3 aromatic rings. The van der Waals surface area contributed by atoms with Gasteiger partial charge in [-0.15, -0.1) is 0 Å². The van der Waals surface area contributed by atoms with Crippen LogP contribution in [0.5, 0.6) is 0 Å². The number of rotatable bonds is 3. The summed E-state index contributed by atoms with van der Waals surface area (Å²) >= 11 is 7.32. The van der Waals surface area contributed by atoms with Crippen LogP contribution in [-0.2, 0) is 0 Å². The molecule has 0 bridgehead atoms. The largest absolute Gasteiger partial charge is 0.343 e. The van der Waals surface area contributed by atoms with E-state index in [2.05, 4.69) is 4.57 Å². The molecule has 0 saturated heterocycles. The minimum absolute atomic E-state index is 0.0507. The third kappa shape index (κ3) is 2.77. The van der Waals surface area contributed by atoms with E-state index in [9.17, 15) is 9.18 Å². The van der Waals surface area contributed by atoms with Crippen LogP contribution in [0.3, 0.4) is 0 Å². The van der Waals surface area contributed by atoms with Crippen molar-refractivity contribution in [3.05, 3.63) is 69.7 Å². The standard InChI is InChI=1S/C18H13ClFNOS/c19-14-9-16-13(8-15(14)20)18(22)17(10-21(16)11-6-7-11)23-12-4-2-1-3-5-12/h1-5,8-11H,6-7H2. The highest BCUT2D eigenvalue weighted by atomic mass is 35.5. The van der Waals surface area contributed by atoms with E-state index in [1.165, 1.54) is 17.8 Å². The Balaban J connectivity index is 1.93. The maximum Gasteiger partial charge on any atom is 0.203 e. The molecule has 0 N–H and O–H groups in total. The number of halogens is 2. The first-order valence-electron chi connectivity index (χ1n) is 7.40. The van der Waals surface area contributed by atoms with E-state index in [0.717, 1.165) is 17.7 Å². The molecule has 5 heteroatoms. The number of pyridine rings is 1. The lowest BCUT2D eigenvalue weighted by Gasteiger charge is -2.13. The molecular weight excluding hydrogens is 333 g/mol. The normalized spacial score (nSPS) is 14.3. The van der Waals surface area contributed by atoms with Crippen molar-refractivity contribution >= 4 is 34.3 Å². The first kappa shape index (κ1) is 14.8. The molecule has 0 aliphatic heterocycles. The second-order valence-electron chi connectivity index (χ2n) is 5.66. The van der Waals surface area contributed by atoms with Gasteiger partial charge in [-0.3, -0.25) is 4.79 Å². The van der Waals surface area contributed by atoms with Crippen LogP contribution in [0.2, 0.25) is 5.02 Å². The van der Waals surface area contributed by atoms with Crippen molar-refractivity contribution < 1.29 is 4.39 Å². The summed E-state index contributed by atoms with van der Waals surface area (Å²) in [5, 5.41) is 0.439. The van der Waals surface area contributed by atoms with E-state index in [1.807, 2.05) is 36.5 Å².